The average molecular weight is 409 g/mol. The summed E-state index contributed by atoms with van der Waals surface area (Å²) >= 11 is 1.89. The maximum atomic E-state index is 2.42. The summed E-state index contributed by atoms with van der Waals surface area (Å²) in [6.45, 7) is 21.2. The van der Waals surface area contributed by atoms with Crippen molar-refractivity contribution in [3.63, 3.8) is 0 Å². The summed E-state index contributed by atoms with van der Waals surface area (Å²) in [4.78, 5) is 1.46. The molecule has 0 saturated heterocycles. The van der Waals surface area contributed by atoms with Gasteiger partial charge in [0.15, 0.2) is 0 Å². The lowest BCUT2D eigenvalue weighted by Gasteiger charge is -2.32. The zero-order valence-electron chi connectivity index (χ0n) is 20.4. The van der Waals surface area contributed by atoms with Crippen LogP contribution < -0.4 is 0 Å². The topological polar surface area (TPSA) is 0 Å². The van der Waals surface area contributed by atoms with Crippen LogP contribution in [0.3, 0.4) is 0 Å². The van der Waals surface area contributed by atoms with E-state index < -0.39 is 0 Å². The van der Waals surface area contributed by atoms with Gasteiger partial charge in [-0.25, -0.2) is 0 Å². The Bertz CT molecular complexity index is 882. The first-order valence-corrected chi connectivity index (χ1v) is 12.6. The number of thioether (sulfide) groups is 1. The van der Waals surface area contributed by atoms with Crippen LogP contribution in [0.4, 0.5) is 0 Å². The predicted octanol–water partition coefficient (Wildman–Crippen LogP) is 8.84. The number of benzene rings is 2. The van der Waals surface area contributed by atoms with Crippen LogP contribution in [0.2, 0.25) is 0 Å². The van der Waals surface area contributed by atoms with Gasteiger partial charge in [0, 0.05) is 4.90 Å². The summed E-state index contributed by atoms with van der Waals surface area (Å²) in [6.07, 6.45) is 7.70. The van der Waals surface area contributed by atoms with E-state index in [2.05, 4.69) is 68.6 Å². The third-order valence-electron chi connectivity index (χ3n) is 8.12. The summed E-state index contributed by atoms with van der Waals surface area (Å²) in [5, 5.41) is 0. The highest BCUT2D eigenvalue weighted by Gasteiger charge is 2.27. The van der Waals surface area contributed by atoms with Gasteiger partial charge in [-0.2, -0.15) is 0 Å². The molecule has 1 fully saturated rings. The first kappa shape index (κ1) is 22.5. The van der Waals surface area contributed by atoms with Crippen LogP contribution in [0.25, 0.3) is 11.1 Å². The zero-order chi connectivity index (χ0) is 21.6. The fourth-order valence-electron chi connectivity index (χ4n) is 5.84. The summed E-state index contributed by atoms with van der Waals surface area (Å²) in [7, 11) is 0. The molecule has 2 aromatic carbocycles. The van der Waals surface area contributed by atoms with E-state index in [4.69, 9.17) is 0 Å². The highest BCUT2D eigenvalue weighted by molar-refractivity contribution is 7.98. The molecule has 0 aromatic heterocycles. The van der Waals surface area contributed by atoms with Gasteiger partial charge in [0.1, 0.15) is 0 Å². The van der Waals surface area contributed by atoms with Gasteiger partial charge in [0.25, 0.3) is 0 Å². The largest absolute Gasteiger partial charge is 0.129 e. The van der Waals surface area contributed by atoms with E-state index in [9.17, 15) is 0 Å². The molecule has 0 unspecified atom stereocenters. The molecule has 1 aliphatic rings. The van der Waals surface area contributed by atoms with Crippen molar-refractivity contribution in [1.29, 1.82) is 0 Å². The van der Waals surface area contributed by atoms with Gasteiger partial charge in [-0.3, -0.25) is 0 Å². The van der Waals surface area contributed by atoms with E-state index in [1.165, 1.54) is 75.1 Å². The molecule has 1 aliphatic carbocycles. The zero-order valence-corrected chi connectivity index (χ0v) is 21.2. The molecule has 0 nitrogen and oxygen atoms in total. The molecule has 1 saturated carbocycles. The van der Waals surface area contributed by atoms with Crippen LogP contribution in [0.15, 0.2) is 4.90 Å². The summed E-state index contributed by atoms with van der Waals surface area (Å²) in [6, 6.07) is 0. The van der Waals surface area contributed by atoms with Crippen LogP contribution >= 0.6 is 11.8 Å². The van der Waals surface area contributed by atoms with Crippen molar-refractivity contribution < 1.29 is 0 Å². The van der Waals surface area contributed by atoms with Gasteiger partial charge in [-0.05, 0) is 148 Å². The van der Waals surface area contributed by atoms with Crippen molar-refractivity contribution >= 4 is 11.8 Å². The van der Waals surface area contributed by atoms with Crippen LogP contribution in [0.5, 0.6) is 0 Å². The monoisotopic (exact) mass is 408 g/mol. The Kier molecular flexibility index (Phi) is 6.59. The van der Waals surface area contributed by atoms with Gasteiger partial charge >= 0.3 is 0 Å². The molecular formula is C28H40S. The maximum absolute atomic E-state index is 2.42. The lowest BCUT2D eigenvalue weighted by atomic mass is 9.73. The minimum absolute atomic E-state index is 0.752. The molecule has 0 spiro atoms. The maximum Gasteiger partial charge on any atom is 0.0133 e. The third-order valence-corrected chi connectivity index (χ3v) is 9.14. The minimum Gasteiger partial charge on any atom is -0.129 e. The predicted molar refractivity (Wildman–Crippen MR) is 132 cm³/mol. The smallest absolute Gasteiger partial charge is 0.0133 e. The average Bonchev–Trinajstić information content (AvgIpc) is 2.69. The quantitative estimate of drug-likeness (QED) is 0.457. The van der Waals surface area contributed by atoms with Gasteiger partial charge in [-0.15, -0.1) is 11.8 Å². The molecule has 0 atom stereocenters. The van der Waals surface area contributed by atoms with E-state index in [1.54, 1.807) is 16.7 Å². The molecule has 29 heavy (non-hydrogen) atoms. The van der Waals surface area contributed by atoms with Gasteiger partial charge in [-0.1, -0.05) is 19.8 Å². The van der Waals surface area contributed by atoms with Gasteiger partial charge < -0.3 is 0 Å². The number of rotatable bonds is 3. The highest BCUT2D eigenvalue weighted by Crippen LogP contribution is 2.46. The van der Waals surface area contributed by atoms with Crippen molar-refractivity contribution in [3.05, 3.63) is 50.1 Å². The molecule has 0 amide bonds. The van der Waals surface area contributed by atoms with E-state index >= 15 is 0 Å². The molecule has 158 valence electrons. The van der Waals surface area contributed by atoms with Crippen LogP contribution in [0, 0.1) is 61.3 Å². The molecule has 0 aliphatic heterocycles. The summed E-state index contributed by atoms with van der Waals surface area (Å²) in [5.74, 6) is 1.65. The van der Waals surface area contributed by atoms with E-state index in [1.807, 2.05) is 11.8 Å². The second-order valence-corrected chi connectivity index (χ2v) is 10.5. The molecule has 3 rings (SSSR count). The van der Waals surface area contributed by atoms with Crippen molar-refractivity contribution in [2.24, 2.45) is 5.92 Å². The number of hydrogen-bond donors (Lipinski definition) is 0. The normalized spacial score (nSPS) is 19.7. The Balaban J connectivity index is 2.26. The molecule has 0 heterocycles. The molecule has 2 aromatic rings. The third kappa shape index (κ3) is 3.69. The van der Waals surface area contributed by atoms with Gasteiger partial charge in [0.05, 0.1) is 0 Å². The van der Waals surface area contributed by atoms with Crippen LogP contribution in [0.1, 0.15) is 88.6 Å². The second-order valence-electron chi connectivity index (χ2n) is 9.65. The highest BCUT2D eigenvalue weighted by atomic mass is 32.2. The fraction of sp³-hybridized carbons (Fsp3) is 0.571. The Morgan fingerprint density at radius 3 is 1.31 bits per heavy atom. The van der Waals surface area contributed by atoms with E-state index in [0.29, 0.717) is 0 Å². The first-order valence-electron chi connectivity index (χ1n) is 11.4. The lowest BCUT2D eigenvalue weighted by Crippen LogP contribution is -2.15. The van der Waals surface area contributed by atoms with Crippen molar-refractivity contribution in [2.75, 3.05) is 6.26 Å². The Hall–Kier alpha value is -1.21. The molecule has 0 N–H and O–H groups in total. The Morgan fingerprint density at radius 2 is 0.931 bits per heavy atom. The van der Waals surface area contributed by atoms with E-state index in [0.717, 1.165) is 11.8 Å². The molecular weight excluding hydrogens is 368 g/mol. The summed E-state index contributed by atoms with van der Waals surface area (Å²) < 4.78 is 0. The Labute approximate surface area is 183 Å². The van der Waals surface area contributed by atoms with Crippen LogP contribution in [-0.2, 0) is 0 Å². The fourth-order valence-corrected chi connectivity index (χ4v) is 6.76. The van der Waals surface area contributed by atoms with Crippen molar-refractivity contribution in [3.8, 4) is 11.1 Å². The molecule has 0 bridgehead atoms. The lowest BCUT2D eigenvalue weighted by molar-refractivity contribution is 0.346. The van der Waals surface area contributed by atoms with E-state index in [-0.39, 0.29) is 0 Å². The minimum atomic E-state index is 0.752. The SMILES string of the molecule is CSc1c(C)c(C)c(-c2c(C)c(C)c(C3CCC(C)CC3)c(C)c2C)c(C)c1C. The molecule has 1 heteroatoms. The van der Waals surface area contributed by atoms with Crippen LogP contribution in [-0.4, -0.2) is 6.26 Å². The molecule has 0 radical (unpaired) electrons. The standard InChI is InChI=1S/C28H40S/c1-15-11-13-24(14-12-15)25-16(2)18(4)26(19(5)17(25)3)27-20(6)22(8)28(29-10)23(9)21(27)7/h15,24H,11-14H2,1-10H3. The van der Waals surface area contributed by atoms with Gasteiger partial charge in [0.2, 0.25) is 0 Å². The summed E-state index contributed by atoms with van der Waals surface area (Å²) in [5.41, 5.74) is 16.6. The van der Waals surface area contributed by atoms with Crippen molar-refractivity contribution in [2.45, 2.75) is 98.8 Å². The number of hydrogen-bond acceptors (Lipinski definition) is 1. The first-order chi connectivity index (χ1) is 13.6. The van der Waals surface area contributed by atoms with Crippen molar-refractivity contribution in [1.82, 2.24) is 0 Å². The second kappa shape index (κ2) is 8.50. The Morgan fingerprint density at radius 1 is 0.552 bits per heavy atom.